The van der Waals surface area contributed by atoms with Gasteiger partial charge in [0.1, 0.15) is 28.9 Å². The van der Waals surface area contributed by atoms with Crippen LogP contribution >= 0.6 is 0 Å². The summed E-state index contributed by atoms with van der Waals surface area (Å²) in [5.41, 5.74) is 8.79. The van der Waals surface area contributed by atoms with E-state index in [2.05, 4.69) is 17.9 Å². The van der Waals surface area contributed by atoms with Crippen LogP contribution in [-0.2, 0) is 22.6 Å². The van der Waals surface area contributed by atoms with Gasteiger partial charge in [-0.25, -0.2) is 9.97 Å². The number of likely N-dealkylation sites (tertiary alicyclic amines) is 2. The van der Waals surface area contributed by atoms with Crippen LogP contribution in [0.15, 0.2) is 69.5 Å². The lowest BCUT2D eigenvalue weighted by molar-refractivity contribution is -0.142. The predicted octanol–water partition coefficient (Wildman–Crippen LogP) is 8.72. The molecule has 4 aromatic carbocycles. The van der Waals surface area contributed by atoms with Crippen LogP contribution in [0, 0.1) is 25.2 Å². The average molecular weight is 762 g/mol. The summed E-state index contributed by atoms with van der Waals surface area (Å²) in [6.45, 7) is 6.83. The topological polar surface area (TPSA) is 138 Å². The van der Waals surface area contributed by atoms with Crippen LogP contribution in [0.3, 0.4) is 0 Å². The zero-order chi connectivity index (χ0) is 39.1. The van der Waals surface area contributed by atoms with Crippen LogP contribution in [0.4, 0.5) is 8.78 Å². The summed E-state index contributed by atoms with van der Waals surface area (Å²) >= 11 is 0. The Morgan fingerprint density at radius 3 is 2.30 bits per heavy atom. The summed E-state index contributed by atoms with van der Waals surface area (Å²) < 4.78 is 50.2. The summed E-state index contributed by atoms with van der Waals surface area (Å²) in [6.07, 6.45) is 2.43. The van der Waals surface area contributed by atoms with E-state index in [4.69, 9.17) is 28.3 Å². The van der Waals surface area contributed by atoms with Gasteiger partial charge in [0.15, 0.2) is 11.2 Å². The lowest BCUT2D eigenvalue weighted by atomic mass is 9.91. The quantitative estimate of drug-likeness (QED) is 0.121. The van der Waals surface area contributed by atoms with Crippen LogP contribution in [-0.4, -0.2) is 75.8 Å². The first kappa shape index (κ1) is 37.3. The van der Waals surface area contributed by atoms with E-state index in [9.17, 15) is 23.9 Å². The van der Waals surface area contributed by atoms with Gasteiger partial charge in [-0.05, 0) is 97.8 Å². The predicted molar refractivity (Wildman–Crippen MR) is 205 cm³/mol. The van der Waals surface area contributed by atoms with Gasteiger partial charge in [0.05, 0.1) is 11.7 Å². The summed E-state index contributed by atoms with van der Waals surface area (Å²) in [5.74, 6) is -0.304. The molecule has 0 unspecified atom stereocenters. The number of carboxylic acid groups (broad SMARTS) is 1. The van der Waals surface area contributed by atoms with Crippen LogP contribution in [0.25, 0.3) is 56.2 Å². The number of aromatic nitrogens is 2. The molecule has 2 aromatic heterocycles. The number of rotatable bonds is 13. The monoisotopic (exact) mass is 761 g/mol. The number of alkyl halides is 2. The van der Waals surface area contributed by atoms with Crippen LogP contribution in [0.2, 0.25) is 0 Å². The molecule has 0 saturated carbocycles. The van der Waals surface area contributed by atoms with Crippen molar-refractivity contribution in [3.05, 3.63) is 88.5 Å². The molecule has 0 spiro atoms. The number of carboxylic acids is 1. The Hall–Kier alpha value is -5.68. The van der Waals surface area contributed by atoms with Crippen molar-refractivity contribution in [2.45, 2.75) is 71.9 Å². The summed E-state index contributed by atoms with van der Waals surface area (Å²) in [5, 5.41) is 19.7. The Morgan fingerprint density at radius 1 is 0.964 bits per heavy atom. The minimum atomic E-state index is -3.07. The number of hydrogen-bond donors (Lipinski definition) is 1. The molecule has 2 aliphatic rings. The van der Waals surface area contributed by atoms with Crippen molar-refractivity contribution in [3.8, 4) is 45.9 Å². The molecule has 6 aromatic rings. The van der Waals surface area contributed by atoms with Gasteiger partial charge >= 0.3 is 12.6 Å². The maximum absolute atomic E-state index is 13.5. The van der Waals surface area contributed by atoms with E-state index in [0.29, 0.717) is 71.0 Å². The van der Waals surface area contributed by atoms with Gasteiger partial charge in [-0.1, -0.05) is 31.2 Å². The molecule has 1 N–H and O–H groups in total. The number of carbonyl (C=O) groups is 1. The Bertz CT molecular complexity index is 2480. The van der Waals surface area contributed by atoms with Gasteiger partial charge in [-0.2, -0.15) is 14.0 Å². The van der Waals surface area contributed by atoms with E-state index in [-0.39, 0.29) is 24.0 Å². The maximum atomic E-state index is 13.5. The number of ether oxygens (including phenoxy) is 2. The fourth-order valence-corrected chi connectivity index (χ4v) is 7.96. The van der Waals surface area contributed by atoms with Crippen LogP contribution in [0.1, 0.15) is 54.0 Å². The number of fused-ring (bicyclic) bond motifs is 2. The van der Waals surface area contributed by atoms with E-state index in [1.807, 2.05) is 62.4 Å². The van der Waals surface area contributed by atoms with E-state index in [1.165, 1.54) is 6.07 Å². The second-order valence-corrected chi connectivity index (χ2v) is 14.6. The normalized spacial score (nSPS) is 16.6. The Balaban J connectivity index is 1.09. The van der Waals surface area contributed by atoms with Crippen molar-refractivity contribution in [2.75, 3.05) is 26.2 Å². The minimum Gasteiger partial charge on any atom is -0.480 e. The lowest BCUT2D eigenvalue weighted by Crippen LogP contribution is -2.51. The van der Waals surface area contributed by atoms with Crippen LogP contribution in [0.5, 0.6) is 5.75 Å². The van der Waals surface area contributed by atoms with Gasteiger partial charge in [0.25, 0.3) is 0 Å². The largest absolute Gasteiger partial charge is 0.480 e. The third-order valence-corrected chi connectivity index (χ3v) is 10.8. The second kappa shape index (κ2) is 15.5. The molecule has 2 saturated heterocycles. The SMILES string of the molecule is CCCOC1CN(Cc2cc(C#N)c3oc(-c4cccc(-c5cccc(-c6nc7cc(CN8CCC[C@H]8C(=O)O)c(OC(F)F)cc7o6)c5C)c4C)nc3c2)C1. The molecule has 2 aliphatic heterocycles. The first-order valence-electron chi connectivity index (χ1n) is 18.8. The van der Waals surface area contributed by atoms with Gasteiger partial charge in [0, 0.05) is 55.5 Å². The summed E-state index contributed by atoms with van der Waals surface area (Å²) in [6, 6.07) is 20.2. The minimum absolute atomic E-state index is 0.0800. The standard InChI is InChI=1S/C43H41F2N5O6/c1-4-14-53-29-22-49(23-29)20-26-15-27(19-46)39-35(16-26)48-41(56-39)33-11-6-9-31(25(33)3)30-8-5-10-32(24(30)2)40-47-34-17-28(21-50-13-7-12-36(50)42(51)52)37(55-43(44)45)18-38(34)54-40/h5-6,8-11,15-18,29,36,43H,4,7,12-14,20-23H2,1-3H3,(H,51,52)/t36-/m0/s1. The molecule has 8 rings (SSSR count). The number of aliphatic carboxylic acids is 1. The van der Waals surface area contributed by atoms with E-state index < -0.39 is 18.6 Å². The summed E-state index contributed by atoms with van der Waals surface area (Å²) in [7, 11) is 0. The second-order valence-electron chi connectivity index (χ2n) is 14.6. The van der Waals surface area contributed by atoms with Crippen molar-refractivity contribution in [1.29, 1.82) is 5.26 Å². The molecule has 13 heteroatoms. The number of halogens is 2. The Morgan fingerprint density at radius 2 is 1.64 bits per heavy atom. The van der Waals surface area contributed by atoms with Gasteiger partial charge < -0.3 is 23.4 Å². The van der Waals surface area contributed by atoms with E-state index in [0.717, 1.165) is 59.5 Å². The highest BCUT2D eigenvalue weighted by Crippen LogP contribution is 2.39. The number of nitriles is 1. The molecule has 0 aliphatic carbocycles. The molecule has 0 amide bonds. The molecule has 0 radical (unpaired) electrons. The van der Waals surface area contributed by atoms with Crippen molar-refractivity contribution in [2.24, 2.45) is 0 Å². The van der Waals surface area contributed by atoms with Gasteiger partial charge in [-0.15, -0.1) is 0 Å². The van der Waals surface area contributed by atoms with Crippen molar-refractivity contribution in [3.63, 3.8) is 0 Å². The van der Waals surface area contributed by atoms with Gasteiger partial charge in [0.2, 0.25) is 11.8 Å². The fraction of sp³-hybridized carbons (Fsp3) is 0.349. The zero-order valence-electron chi connectivity index (χ0n) is 31.3. The van der Waals surface area contributed by atoms with E-state index >= 15 is 0 Å². The first-order valence-corrected chi connectivity index (χ1v) is 18.8. The molecule has 11 nitrogen and oxygen atoms in total. The molecular weight excluding hydrogens is 720 g/mol. The lowest BCUT2D eigenvalue weighted by Gasteiger charge is -2.38. The third-order valence-electron chi connectivity index (χ3n) is 10.8. The molecule has 2 fully saturated rings. The first-order chi connectivity index (χ1) is 27.1. The third kappa shape index (κ3) is 7.23. The Labute approximate surface area is 322 Å². The van der Waals surface area contributed by atoms with Crippen molar-refractivity contribution in [1.82, 2.24) is 19.8 Å². The summed E-state index contributed by atoms with van der Waals surface area (Å²) in [4.78, 5) is 25.5. The van der Waals surface area contributed by atoms with Crippen molar-refractivity contribution < 1.29 is 37.0 Å². The molecule has 288 valence electrons. The van der Waals surface area contributed by atoms with E-state index in [1.54, 1.807) is 11.0 Å². The zero-order valence-corrected chi connectivity index (χ0v) is 31.3. The average Bonchev–Trinajstić information content (AvgIpc) is 3.91. The highest BCUT2D eigenvalue weighted by atomic mass is 19.3. The molecule has 1 atom stereocenters. The number of oxazole rings is 2. The molecule has 0 bridgehead atoms. The highest BCUT2D eigenvalue weighted by Gasteiger charge is 2.32. The van der Waals surface area contributed by atoms with Crippen LogP contribution < -0.4 is 4.74 Å². The number of benzene rings is 4. The smallest absolute Gasteiger partial charge is 0.387 e. The highest BCUT2D eigenvalue weighted by molar-refractivity contribution is 5.86. The maximum Gasteiger partial charge on any atom is 0.387 e. The van der Waals surface area contributed by atoms with Crippen molar-refractivity contribution >= 4 is 28.2 Å². The molecular formula is C43H41F2N5O6. The number of hydrogen-bond acceptors (Lipinski definition) is 10. The fourth-order valence-electron chi connectivity index (χ4n) is 7.96. The number of nitrogens with zero attached hydrogens (tertiary/aromatic N) is 5. The molecule has 56 heavy (non-hydrogen) atoms. The molecule has 4 heterocycles. The Kier molecular flexibility index (Phi) is 10.3. The van der Waals surface area contributed by atoms with Gasteiger partial charge in [-0.3, -0.25) is 14.6 Å².